The van der Waals surface area contributed by atoms with Crippen LogP contribution in [0.3, 0.4) is 0 Å². The van der Waals surface area contributed by atoms with Crippen molar-refractivity contribution in [3.8, 4) is 0 Å². The van der Waals surface area contributed by atoms with Gasteiger partial charge >= 0.3 is 9.28 Å². The van der Waals surface area contributed by atoms with Crippen molar-refractivity contribution in [2.45, 2.75) is 32.9 Å². The van der Waals surface area contributed by atoms with E-state index in [1.165, 1.54) is 0 Å². The lowest BCUT2D eigenvalue weighted by Crippen LogP contribution is -2.46. The molecule has 1 unspecified atom stereocenters. The van der Waals surface area contributed by atoms with Crippen LogP contribution in [-0.2, 0) is 8.85 Å². The van der Waals surface area contributed by atoms with E-state index in [1.807, 2.05) is 13.8 Å². The van der Waals surface area contributed by atoms with Gasteiger partial charge in [0.15, 0.2) is 0 Å². The number of hydrogen-bond donors (Lipinski definition) is 0. The normalized spacial score (nSPS) is 14.1. The Morgan fingerprint density at radius 2 is 1.54 bits per heavy atom. The summed E-state index contributed by atoms with van der Waals surface area (Å²) in [4.78, 5) is 2.21. The lowest BCUT2D eigenvalue weighted by Gasteiger charge is -2.28. The maximum absolute atomic E-state index is 5.67. The second-order valence-electron chi connectivity index (χ2n) is 3.22. The van der Waals surface area contributed by atoms with Crippen molar-refractivity contribution in [2.24, 2.45) is 0 Å². The second kappa shape index (κ2) is 7.50. The Kier molecular flexibility index (Phi) is 7.55. The second-order valence-corrected chi connectivity index (χ2v) is 5.39. The molecule has 0 heterocycles. The molecule has 0 aromatic heterocycles. The molecule has 0 aromatic carbocycles. The maximum atomic E-state index is 5.67. The van der Waals surface area contributed by atoms with E-state index < -0.39 is 9.28 Å². The molecule has 3 nitrogen and oxygen atoms in total. The molecule has 0 fully saturated rings. The van der Waals surface area contributed by atoms with E-state index in [9.17, 15) is 0 Å². The van der Waals surface area contributed by atoms with E-state index in [0.717, 1.165) is 19.6 Å². The quantitative estimate of drug-likeness (QED) is 0.582. The Labute approximate surface area is 83.9 Å². The van der Waals surface area contributed by atoms with Gasteiger partial charge in [0, 0.05) is 18.9 Å². The number of hydrogen-bond acceptors (Lipinski definition) is 3. The van der Waals surface area contributed by atoms with Gasteiger partial charge in [-0.05, 0) is 34.4 Å². The average Bonchev–Trinajstić information content (AvgIpc) is 2.05. The summed E-state index contributed by atoms with van der Waals surface area (Å²) in [6.45, 7) is 7.77. The lowest BCUT2D eigenvalue weighted by atomic mass is 10.4. The Bertz CT molecular complexity index is 116. The molecular weight excluding hydrogens is 182 g/mol. The number of rotatable bonds is 7. The standard InChI is InChI=1S/C9H23NO2Si/c1-6-9(10(4)5)13(11-7-2)12-8-3/h9,13H,6-8H2,1-5H3. The minimum absolute atomic E-state index is 0.486. The van der Waals surface area contributed by atoms with Crippen molar-refractivity contribution in [3.63, 3.8) is 0 Å². The first kappa shape index (κ1) is 13.1. The zero-order valence-corrected chi connectivity index (χ0v) is 10.7. The summed E-state index contributed by atoms with van der Waals surface area (Å²) in [5.74, 6) is 0. The molecule has 0 aliphatic heterocycles. The number of nitrogens with zero attached hydrogens (tertiary/aromatic N) is 1. The summed E-state index contributed by atoms with van der Waals surface area (Å²) < 4.78 is 11.3. The van der Waals surface area contributed by atoms with Crippen LogP contribution in [0.25, 0.3) is 0 Å². The van der Waals surface area contributed by atoms with E-state index in [2.05, 4.69) is 25.9 Å². The van der Waals surface area contributed by atoms with Crippen LogP contribution in [0.1, 0.15) is 27.2 Å². The summed E-state index contributed by atoms with van der Waals surface area (Å²) in [6, 6.07) is 0. The van der Waals surface area contributed by atoms with E-state index >= 15 is 0 Å². The largest absolute Gasteiger partial charge is 0.396 e. The minimum Gasteiger partial charge on any atom is -0.396 e. The molecule has 0 saturated heterocycles. The van der Waals surface area contributed by atoms with Crippen LogP contribution in [0.5, 0.6) is 0 Å². The first-order valence-electron chi connectivity index (χ1n) is 5.06. The molecular formula is C9H23NO2Si. The molecule has 80 valence electrons. The molecule has 0 bridgehead atoms. The molecule has 4 heteroatoms. The van der Waals surface area contributed by atoms with Gasteiger partial charge in [0.25, 0.3) is 0 Å². The van der Waals surface area contributed by atoms with Crippen LogP contribution in [0, 0.1) is 0 Å². The Morgan fingerprint density at radius 1 is 1.08 bits per heavy atom. The van der Waals surface area contributed by atoms with Gasteiger partial charge < -0.3 is 13.8 Å². The van der Waals surface area contributed by atoms with Crippen LogP contribution in [0.2, 0.25) is 0 Å². The summed E-state index contributed by atoms with van der Waals surface area (Å²) in [5, 5.41) is 0. The van der Waals surface area contributed by atoms with Gasteiger partial charge in [-0.1, -0.05) is 6.92 Å². The smallest absolute Gasteiger partial charge is 0.339 e. The van der Waals surface area contributed by atoms with Crippen LogP contribution >= 0.6 is 0 Å². The first-order chi connectivity index (χ1) is 6.17. The predicted molar refractivity (Wildman–Crippen MR) is 58.2 cm³/mol. The molecule has 13 heavy (non-hydrogen) atoms. The maximum Gasteiger partial charge on any atom is 0.339 e. The summed E-state index contributed by atoms with van der Waals surface area (Å²) in [7, 11) is 2.70. The Morgan fingerprint density at radius 3 is 1.77 bits per heavy atom. The van der Waals surface area contributed by atoms with Crippen molar-refractivity contribution in [1.82, 2.24) is 4.90 Å². The van der Waals surface area contributed by atoms with Crippen molar-refractivity contribution in [3.05, 3.63) is 0 Å². The SMILES string of the molecule is CCO[SiH](OCC)C(CC)N(C)C. The van der Waals surface area contributed by atoms with Crippen LogP contribution in [0.4, 0.5) is 0 Å². The average molecular weight is 205 g/mol. The molecule has 0 N–H and O–H groups in total. The topological polar surface area (TPSA) is 21.7 Å². The highest BCUT2D eigenvalue weighted by Gasteiger charge is 2.25. The highest BCUT2D eigenvalue weighted by molar-refractivity contribution is 6.46. The van der Waals surface area contributed by atoms with Crippen molar-refractivity contribution in [2.75, 3.05) is 27.3 Å². The Hall–Kier alpha value is 0.0969. The van der Waals surface area contributed by atoms with Gasteiger partial charge in [0.05, 0.1) is 0 Å². The van der Waals surface area contributed by atoms with Gasteiger partial charge in [0.1, 0.15) is 0 Å². The summed E-state index contributed by atoms with van der Waals surface area (Å²) in [6.07, 6.45) is 1.10. The van der Waals surface area contributed by atoms with Gasteiger partial charge in [-0.25, -0.2) is 0 Å². The van der Waals surface area contributed by atoms with E-state index in [-0.39, 0.29) is 0 Å². The molecule has 0 spiro atoms. The third kappa shape index (κ3) is 4.76. The highest BCUT2D eigenvalue weighted by atomic mass is 28.3. The summed E-state index contributed by atoms with van der Waals surface area (Å²) >= 11 is 0. The van der Waals surface area contributed by atoms with Crippen molar-refractivity contribution in [1.29, 1.82) is 0 Å². The molecule has 0 radical (unpaired) electrons. The Balaban J connectivity index is 4.11. The zero-order valence-electron chi connectivity index (χ0n) is 9.54. The van der Waals surface area contributed by atoms with Crippen molar-refractivity contribution < 1.29 is 8.85 Å². The lowest BCUT2D eigenvalue weighted by molar-refractivity contribution is 0.175. The molecule has 0 aliphatic rings. The third-order valence-electron chi connectivity index (χ3n) is 2.06. The minimum atomic E-state index is -1.48. The van der Waals surface area contributed by atoms with Crippen LogP contribution < -0.4 is 0 Å². The van der Waals surface area contributed by atoms with E-state index in [4.69, 9.17) is 8.85 Å². The van der Waals surface area contributed by atoms with E-state index in [0.29, 0.717) is 5.67 Å². The van der Waals surface area contributed by atoms with Crippen LogP contribution in [-0.4, -0.2) is 47.2 Å². The summed E-state index contributed by atoms with van der Waals surface area (Å²) in [5.41, 5.74) is 0.486. The molecule has 0 aliphatic carbocycles. The van der Waals surface area contributed by atoms with E-state index in [1.54, 1.807) is 0 Å². The molecule has 0 saturated carbocycles. The van der Waals surface area contributed by atoms with Crippen molar-refractivity contribution >= 4 is 9.28 Å². The molecule has 0 rings (SSSR count). The fourth-order valence-corrected chi connectivity index (χ4v) is 3.47. The fourth-order valence-electron chi connectivity index (χ4n) is 1.40. The fraction of sp³-hybridized carbons (Fsp3) is 1.00. The zero-order chi connectivity index (χ0) is 10.3. The molecule has 1 atom stereocenters. The first-order valence-corrected chi connectivity index (χ1v) is 6.67. The van der Waals surface area contributed by atoms with Gasteiger partial charge in [-0.15, -0.1) is 0 Å². The highest BCUT2D eigenvalue weighted by Crippen LogP contribution is 2.06. The van der Waals surface area contributed by atoms with Crippen LogP contribution in [0.15, 0.2) is 0 Å². The third-order valence-corrected chi connectivity index (χ3v) is 5.08. The van der Waals surface area contributed by atoms with Gasteiger partial charge in [-0.2, -0.15) is 0 Å². The molecule has 0 aromatic rings. The van der Waals surface area contributed by atoms with Gasteiger partial charge in [-0.3, -0.25) is 0 Å². The molecule has 0 amide bonds. The van der Waals surface area contributed by atoms with Gasteiger partial charge in [0.2, 0.25) is 0 Å². The monoisotopic (exact) mass is 205 g/mol. The predicted octanol–water partition coefficient (Wildman–Crippen LogP) is 1.16.